The second-order valence-corrected chi connectivity index (χ2v) is 5.84. The number of ether oxygens (including phenoxy) is 2. The van der Waals surface area contributed by atoms with E-state index in [0.29, 0.717) is 37.4 Å². The van der Waals surface area contributed by atoms with Gasteiger partial charge in [-0.25, -0.2) is 14.1 Å². The molecule has 8 heteroatoms. The number of halogens is 1. The molecule has 0 radical (unpaired) electrons. The molecule has 1 unspecified atom stereocenters. The fourth-order valence-corrected chi connectivity index (χ4v) is 2.87. The second-order valence-electron chi connectivity index (χ2n) is 5.84. The van der Waals surface area contributed by atoms with Crippen LogP contribution in [0, 0.1) is 5.82 Å². The van der Waals surface area contributed by atoms with Gasteiger partial charge in [-0.05, 0) is 18.6 Å². The van der Waals surface area contributed by atoms with Crippen LogP contribution in [0.25, 0.3) is 16.7 Å². The Hall–Kier alpha value is -2.58. The number of benzene rings is 1. The summed E-state index contributed by atoms with van der Waals surface area (Å²) in [4.78, 5) is 16.9. The van der Waals surface area contributed by atoms with E-state index in [4.69, 9.17) is 9.47 Å². The maximum Gasteiger partial charge on any atom is 0.264 e. The highest BCUT2D eigenvalue weighted by molar-refractivity contribution is 5.74. The van der Waals surface area contributed by atoms with Crippen molar-refractivity contribution >= 4 is 11.0 Å². The van der Waals surface area contributed by atoms with Crippen molar-refractivity contribution in [1.29, 1.82) is 0 Å². The first-order valence-electron chi connectivity index (χ1n) is 8.11. The fourth-order valence-electron chi connectivity index (χ4n) is 2.87. The highest BCUT2D eigenvalue weighted by Crippen LogP contribution is 2.16. The molecule has 1 aliphatic heterocycles. The minimum absolute atomic E-state index is 0.0937. The van der Waals surface area contributed by atoms with Gasteiger partial charge >= 0.3 is 0 Å². The van der Waals surface area contributed by atoms with Crippen molar-refractivity contribution in [2.75, 3.05) is 19.8 Å². The van der Waals surface area contributed by atoms with Gasteiger partial charge in [0, 0.05) is 6.61 Å². The molecule has 1 aromatic carbocycles. The Balaban J connectivity index is 1.59. The van der Waals surface area contributed by atoms with Gasteiger partial charge in [-0.3, -0.25) is 9.36 Å². The van der Waals surface area contributed by atoms with E-state index in [1.54, 1.807) is 18.2 Å². The zero-order chi connectivity index (χ0) is 17.2. The zero-order valence-electron chi connectivity index (χ0n) is 13.5. The van der Waals surface area contributed by atoms with E-state index in [1.807, 2.05) is 0 Å². The summed E-state index contributed by atoms with van der Waals surface area (Å²) in [5.41, 5.74) is 0.363. The van der Waals surface area contributed by atoms with Gasteiger partial charge in [-0.15, -0.1) is 0 Å². The van der Waals surface area contributed by atoms with E-state index in [2.05, 4.69) is 10.1 Å². The predicted octanol–water partition coefficient (Wildman–Crippen LogP) is 1.53. The first-order valence-corrected chi connectivity index (χ1v) is 8.11. The summed E-state index contributed by atoms with van der Waals surface area (Å²) in [5.74, 6) is -0.425. The van der Waals surface area contributed by atoms with E-state index >= 15 is 0 Å². The minimum atomic E-state index is -0.425. The van der Waals surface area contributed by atoms with Crippen LogP contribution in [0.15, 0.2) is 41.6 Å². The smallest absolute Gasteiger partial charge is 0.264 e. The molecule has 130 valence electrons. The molecule has 0 aliphatic carbocycles. The van der Waals surface area contributed by atoms with Crippen LogP contribution in [0.5, 0.6) is 0 Å². The fraction of sp³-hybridized carbons (Fsp3) is 0.353. The van der Waals surface area contributed by atoms with Gasteiger partial charge in [0.05, 0.1) is 32.1 Å². The largest absolute Gasteiger partial charge is 0.379 e. The monoisotopic (exact) mass is 344 g/mol. The molecule has 0 amide bonds. The topological polar surface area (TPSA) is 71.2 Å². The average Bonchev–Trinajstić information content (AvgIpc) is 3.27. The first-order chi connectivity index (χ1) is 12.2. The van der Waals surface area contributed by atoms with Crippen LogP contribution < -0.4 is 5.56 Å². The molecule has 0 bridgehead atoms. The molecule has 7 nitrogen and oxygen atoms in total. The summed E-state index contributed by atoms with van der Waals surface area (Å²) < 4.78 is 27.7. The molecule has 25 heavy (non-hydrogen) atoms. The molecular formula is C17H17FN4O3. The predicted molar refractivity (Wildman–Crippen MR) is 88.3 cm³/mol. The van der Waals surface area contributed by atoms with E-state index < -0.39 is 5.82 Å². The van der Waals surface area contributed by atoms with Gasteiger partial charge in [0.1, 0.15) is 23.2 Å². The Bertz CT molecular complexity index is 946. The third kappa shape index (κ3) is 3.06. The molecule has 1 saturated heterocycles. The zero-order valence-corrected chi connectivity index (χ0v) is 13.5. The van der Waals surface area contributed by atoms with E-state index in [9.17, 15) is 9.18 Å². The van der Waals surface area contributed by atoms with Gasteiger partial charge in [0.25, 0.3) is 5.56 Å². The summed E-state index contributed by atoms with van der Waals surface area (Å²) in [6.07, 6.45) is 3.83. The molecule has 3 aromatic rings. The summed E-state index contributed by atoms with van der Waals surface area (Å²) in [6.45, 7) is 2.11. The lowest BCUT2D eigenvalue weighted by molar-refractivity contribution is 0.0380. The highest BCUT2D eigenvalue weighted by atomic mass is 19.1. The Morgan fingerprint density at radius 1 is 1.36 bits per heavy atom. The summed E-state index contributed by atoms with van der Waals surface area (Å²) in [6, 6.07) is 6.23. The van der Waals surface area contributed by atoms with Crippen molar-refractivity contribution in [1.82, 2.24) is 19.3 Å². The Kier molecular flexibility index (Phi) is 4.29. The van der Waals surface area contributed by atoms with Crippen molar-refractivity contribution in [2.45, 2.75) is 19.1 Å². The lowest BCUT2D eigenvalue weighted by atomic mass is 10.3. The lowest BCUT2D eigenvalue weighted by Gasteiger charge is -2.11. The van der Waals surface area contributed by atoms with Crippen LogP contribution in [-0.4, -0.2) is 45.3 Å². The van der Waals surface area contributed by atoms with Crippen molar-refractivity contribution < 1.29 is 13.9 Å². The van der Waals surface area contributed by atoms with Crippen LogP contribution in [0.1, 0.15) is 6.42 Å². The third-order valence-corrected chi connectivity index (χ3v) is 4.21. The van der Waals surface area contributed by atoms with Gasteiger partial charge in [0.15, 0.2) is 5.65 Å². The van der Waals surface area contributed by atoms with Crippen LogP contribution in [0.3, 0.4) is 0 Å². The van der Waals surface area contributed by atoms with E-state index in [0.717, 1.165) is 6.42 Å². The maximum atomic E-state index is 14.0. The van der Waals surface area contributed by atoms with Crippen LogP contribution in [0.4, 0.5) is 4.39 Å². The first kappa shape index (κ1) is 15.9. The number of para-hydroxylation sites is 1. The lowest BCUT2D eigenvalue weighted by Crippen LogP contribution is -2.24. The van der Waals surface area contributed by atoms with Gasteiger partial charge in [-0.1, -0.05) is 12.1 Å². The molecule has 2 aromatic heterocycles. The molecule has 0 spiro atoms. The van der Waals surface area contributed by atoms with Crippen molar-refractivity contribution in [3.05, 3.63) is 53.0 Å². The van der Waals surface area contributed by atoms with Crippen LogP contribution >= 0.6 is 0 Å². The number of hydrogen-bond donors (Lipinski definition) is 0. The number of aromatic nitrogens is 4. The quantitative estimate of drug-likeness (QED) is 0.702. The van der Waals surface area contributed by atoms with E-state index in [-0.39, 0.29) is 17.4 Å². The molecule has 1 fully saturated rings. The van der Waals surface area contributed by atoms with E-state index in [1.165, 1.54) is 27.8 Å². The van der Waals surface area contributed by atoms with Crippen LogP contribution in [0.2, 0.25) is 0 Å². The minimum Gasteiger partial charge on any atom is -0.379 e. The standard InChI is InChI=1S/C17H17FN4O3/c18-14-3-1-2-4-15(14)22-16-13(9-20-22)17(23)21(11-19-16)6-8-25-12-5-7-24-10-12/h1-4,9,11-12H,5-8,10H2. The van der Waals surface area contributed by atoms with Crippen molar-refractivity contribution in [3.63, 3.8) is 0 Å². The molecule has 0 saturated carbocycles. The Morgan fingerprint density at radius 3 is 3.04 bits per heavy atom. The molecule has 1 atom stereocenters. The molecule has 0 N–H and O–H groups in total. The van der Waals surface area contributed by atoms with Crippen LogP contribution in [-0.2, 0) is 16.0 Å². The normalized spacial score (nSPS) is 17.4. The third-order valence-electron chi connectivity index (χ3n) is 4.21. The summed E-state index contributed by atoms with van der Waals surface area (Å²) >= 11 is 0. The number of nitrogens with zero attached hydrogens (tertiary/aromatic N) is 4. The summed E-state index contributed by atoms with van der Waals surface area (Å²) in [7, 11) is 0. The molecule has 3 heterocycles. The average molecular weight is 344 g/mol. The second kappa shape index (κ2) is 6.73. The van der Waals surface area contributed by atoms with Gasteiger partial charge in [-0.2, -0.15) is 5.10 Å². The number of fused-ring (bicyclic) bond motifs is 1. The highest BCUT2D eigenvalue weighted by Gasteiger charge is 2.17. The molecule has 4 rings (SSSR count). The summed E-state index contributed by atoms with van der Waals surface area (Å²) in [5, 5.41) is 4.47. The van der Waals surface area contributed by atoms with Gasteiger partial charge in [0.2, 0.25) is 0 Å². The Morgan fingerprint density at radius 2 is 2.24 bits per heavy atom. The number of hydrogen-bond acceptors (Lipinski definition) is 5. The molecule has 1 aliphatic rings. The van der Waals surface area contributed by atoms with Crippen molar-refractivity contribution in [3.8, 4) is 5.69 Å². The van der Waals surface area contributed by atoms with Crippen molar-refractivity contribution in [2.24, 2.45) is 0 Å². The maximum absolute atomic E-state index is 14.0. The Labute approximate surface area is 142 Å². The molecular weight excluding hydrogens is 327 g/mol. The number of rotatable bonds is 5. The SMILES string of the molecule is O=c1c2cnn(-c3ccccc3F)c2ncn1CCOC1CCOC1. The van der Waals surface area contributed by atoms with Gasteiger partial charge < -0.3 is 9.47 Å².